The average molecular weight is 495 g/mol. The molecule has 0 aliphatic heterocycles. The van der Waals surface area contributed by atoms with Gasteiger partial charge in [-0.25, -0.2) is 4.39 Å². The first-order valence-corrected chi connectivity index (χ1v) is 11.7. The molecule has 1 aliphatic carbocycles. The Balaban J connectivity index is 2.38. The summed E-state index contributed by atoms with van der Waals surface area (Å²) in [6.07, 6.45) is 9.92. The van der Waals surface area contributed by atoms with E-state index in [-0.39, 0.29) is 27.9 Å². The lowest BCUT2D eigenvalue weighted by molar-refractivity contribution is 0.169. The fourth-order valence-electron chi connectivity index (χ4n) is 4.40. The van der Waals surface area contributed by atoms with Crippen LogP contribution in [-0.2, 0) is 16.1 Å². The molecule has 0 unspecified atom stereocenters. The molecule has 1 aromatic rings. The highest BCUT2D eigenvalue weighted by atomic mass is 35.5. The average Bonchev–Trinajstić information content (AvgIpc) is 2.81. The maximum atomic E-state index is 13.1. The number of aromatic hydroxyl groups is 1. The Morgan fingerprint density at radius 3 is 2.62 bits per heavy atom. The summed E-state index contributed by atoms with van der Waals surface area (Å²) < 4.78 is 18.2. The predicted octanol–water partition coefficient (Wildman–Crippen LogP) is 6.76. The Hall–Kier alpha value is -2.54. The number of oxime groups is 2. The monoisotopic (exact) mass is 494 g/mol. The summed E-state index contributed by atoms with van der Waals surface area (Å²) >= 11 is 6.44. The number of hydrogen-bond donors (Lipinski definition) is 1. The predicted molar refractivity (Wildman–Crippen MR) is 136 cm³/mol. The van der Waals surface area contributed by atoms with Gasteiger partial charge in [0.1, 0.15) is 25.7 Å². The molecule has 0 amide bonds. The lowest BCUT2D eigenvalue weighted by Gasteiger charge is -2.43. The van der Waals surface area contributed by atoms with Crippen LogP contribution in [0.5, 0.6) is 11.5 Å². The summed E-state index contributed by atoms with van der Waals surface area (Å²) in [5.41, 5.74) is 3.30. The molecule has 0 saturated heterocycles. The second kappa shape index (κ2) is 12.2. The van der Waals surface area contributed by atoms with Crippen LogP contribution >= 0.6 is 11.6 Å². The van der Waals surface area contributed by atoms with Crippen LogP contribution in [0.4, 0.5) is 4.39 Å². The minimum atomic E-state index is -1.06. The van der Waals surface area contributed by atoms with Gasteiger partial charge in [0, 0.05) is 17.0 Å². The number of allylic oxidation sites excluding steroid dienone is 4. The van der Waals surface area contributed by atoms with Gasteiger partial charge in [-0.3, -0.25) is 0 Å². The van der Waals surface area contributed by atoms with Gasteiger partial charge in [-0.05, 0) is 50.0 Å². The Kier molecular flexibility index (Phi) is 9.98. The molecule has 6 nitrogen and oxygen atoms in total. The van der Waals surface area contributed by atoms with Crippen molar-refractivity contribution in [3.8, 4) is 11.5 Å². The summed E-state index contributed by atoms with van der Waals surface area (Å²) in [6.45, 7) is 9.33. The molecule has 8 heteroatoms. The van der Waals surface area contributed by atoms with E-state index in [4.69, 9.17) is 26.0 Å². The van der Waals surface area contributed by atoms with Gasteiger partial charge in [0.25, 0.3) is 0 Å². The van der Waals surface area contributed by atoms with Gasteiger partial charge in [0.05, 0.1) is 16.9 Å². The minimum Gasteiger partial charge on any atom is -0.507 e. The molecule has 0 heterocycles. The standard InChI is InChI=1S/C26H36ClFN2O4/c1-16(12-13-26(5)17(2)9-11-22(19(26)4)30-33-7)8-10-20-24(31)21(14-29-32-6)18(3)23(27)25(20)34-15-28/h8,12-14,17,19,31H,9-11,15H2,1-7H3/b13-12+,16-8+,29-14+,30-22+/t17-,19+,26+/m1/s1. The smallest absolute Gasteiger partial charge is 0.228 e. The first-order chi connectivity index (χ1) is 16.1. The fourth-order valence-corrected chi connectivity index (χ4v) is 4.67. The van der Waals surface area contributed by atoms with Crippen molar-refractivity contribution in [2.45, 2.75) is 53.9 Å². The molecule has 2 rings (SSSR count). The van der Waals surface area contributed by atoms with E-state index in [2.05, 4.69) is 43.2 Å². The first-order valence-electron chi connectivity index (χ1n) is 11.4. The highest BCUT2D eigenvalue weighted by molar-refractivity contribution is 6.33. The number of rotatable bonds is 9. The third kappa shape index (κ3) is 5.93. The van der Waals surface area contributed by atoms with Gasteiger partial charge in [0.2, 0.25) is 6.86 Å². The molecular formula is C26H36ClFN2O4. The highest BCUT2D eigenvalue weighted by Crippen LogP contribution is 2.45. The Morgan fingerprint density at radius 1 is 1.29 bits per heavy atom. The largest absolute Gasteiger partial charge is 0.507 e. The number of phenols is 1. The maximum Gasteiger partial charge on any atom is 0.228 e. The van der Waals surface area contributed by atoms with Crippen molar-refractivity contribution in [3.05, 3.63) is 45.5 Å². The zero-order valence-electron chi connectivity index (χ0n) is 21.1. The van der Waals surface area contributed by atoms with Crippen molar-refractivity contribution in [3.63, 3.8) is 0 Å². The molecule has 1 saturated carbocycles. The molecule has 1 fully saturated rings. The van der Waals surface area contributed by atoms with E-state index in [9.17, 15) is 9.50 Å². The van der Waals surface area contributed by atoms with Gasteiger partial charge in [0.15, 0.2) is 0 Å². The molecule has 0 spiro atoms. The third-order valence-corrected chi connectivity index (χ3v) is 7.56. The van der Waals surface area contributed by atoms with Crippen LogP contribution in [0.15, 0.2) is 34.1 Å². The van der Waals surface area contributed by atoms with Crippen molar-refractivity contribution in [1.82, 2.24) is 0 Å². The van der Waals surface area contributed by atoms with Gasteiger partial charge >= 0.3 is 0 Å². The molecule has 188 valence electrons. The molecular weight excluding hydrogens is 459 g/mol. The summed E-state index contributed by atoms with van der Waals surface area (Å²) in [4.78, 5) is 9.79. The quantitative estimate of drug-likeness (QED) is 0.234. The van der Waals surface area contributed by atoms with Crippen LogP contribution in [-0.4, -0.2) is 38.1 Å². The van der Waals surface area contributed by atoms with E-state index in [1.165, 1.54) is 13.3 Å². The zero-order valence-corrected chi connectivity index (χ0v) is 21.9. The normalized spacial score (nSPS) is 24.9. The van der Waals surface area contributed by atoms with Gasteiger partial charge in [-0.2, -0.15) is 0 Å². The summed E-state index contributed by atoms with van der Waals surface area (Å²) in [5.74, 6) is 0.784. The first kappa shape index (κ1) is 27.7. The number of phenolic OH excluding ortho intramolecular Hbond substituents is 1. The highest BCUT2D eigenvalue weighted by Gasteiger charge is 2.41. The lowest BCUT2D eigenvalue weighted by Crippen LogP contribution is -2.40. The van der Waals surface area contributed by atoms with Crippen LogP contribution in [0.1, 0.15) is 57.2 Å². The number of ether oxygens (including phenoxy) is 1. The number of halogens is 2. The second-order valence-corrected chi connectivity index (χ2v) is 9.34. The zero-order chi connectivity index (χ0) is 25.5. The summed E-state index contributed by atoms with van der Waals surface area (Å²) in [5, 5.41) is 19.1. The molecule has 0 bridgehead atoms. The van der Waals surface area contributed by atoms with Crippen LogP contribution in [0.3, 0.4) is 0 Å². The lowest BCUT2D eigenvalue weighted by atomic mass is 9.61. The van der Waals surface area contributed by atoms with Crippen LogP contribution in [0, 0.1) is 24.2 Å². The molecule has 1 N–H and O–H groups in total. The van der Waals surface area contributed by atoms with Gasteiger partial charge in [-0.15, -0.1) is 0 Å². The van der Waals surface area contributed by atoms with E-state index >= 15 is 0 Å². The fraction of sp³-hybridized carbons (Fsp3) is 0.538. The van der Waals surface area contributed by atoms with Crippen molar-refractivity contribution in [2.24, 2.45) is 27.6 Å². The Morgan fingerprint density at radius 2 is 2.00 bits per heavy atom. The minimum absolute atomic E-state index is 0.0684. The summed E-state index contributed by atoms with van der Waals surface area (Å²) in [7, 11) is 2.99. The molecule has 1 aliphatic rings. The van der Waals surface area contributed by atoms with Crippen molar-refractivity contribution < 1.29 is 23.9 Å². The van der Waals surface area contributed by atoms with Crippen molar-refractivity contribution >= 4 is 23.5 Å². The maximum absolute atomic E-state index is 13.1. The third-order valence-electron chi connectivity index (χ3n) is 7.10. The number of nitrogens with zero attached hydrogens (tertiary/aromatic N) is 2. The van der Waals surface area contributed by atoms with E-state index in [0.717, 1.165) is 24.1 Å². The molecule has 0 aromatic heterocycles. The number of benzene rings is 1. The van der Waals surface area contributed by atoms with E-state index in [1.807, 2.05) is 13.0 Å². The van der Waals surface area contributed by atoms with Crippen molar-refractivity contribution in [1.29, 1.82) is 0 Å². The van der Waals surface area contributed by atoms with Crippen LogP contribution < -0.4 is 4.74 Å². The SMILES string of the molecule is CO/N=C/c1c(C)c(Cl)c(OCF)c(C/C=C(C)/C=C/[C@@]2(C)[C@H](C)CC/C(=N\OC)[C@@H]2C)c1O. The van der Waals surface area contributed by atoms with E-state index in [1.54, 1.807) is 14.0 Å². The number of alkyl halides is 1. The van der Waals surface area contributed by atoms with Crippen LogP contribution in [0.25, 0.3) is 0 Å². The molecule has 3 atom stereocenters. The molecule has 1 aromatic carbocycles. The Bertz CT molecular complexity index is 990. The number of hydrogen-bond acceptors (Lipinski definition) is 6. The van der Waals surface area contributed by atoms with Crippen LogP contribution in [0.2, 0.25) is 5.02 Å². The van der Waals surface area contributed by atoms with E-state index in [0.29, 0.717) is 29.0 Å². The second-order valence-electron chi connectivity index (χ2n) is 8.96. The van der Waals surface area contributed by atoms with Crippen molar-refractivity contribution in [2.75, 3.05) is 21.1 Å². The topological polar surface area (TPSA) is 72.6 Å². The molecule has 0 radical (unpaired) electrons. The Labute approximate surface area is 207 Å². The molecule has 34 heavy (non-hydrogen) atoms. The van der Waals surface area contributed by atoms with E-state index < -0.39 is 6.86 Å². The van der Waals surface area contributed by atoms with Gasteiger partial charge < -0.3 is 19.5 Å². The summed E-state index contributed by atoms with van der Waals surface area (Å²) in [6, 6.07) is 0. The van der Waals surface area contributed by atoms with Gasteiger partial charge in [-0.1, -0.05) is 66.5 Å².